The lowest BCUT2D eigenvalue weighted by molar-refractivity contribution is -0.375. The largest absolute Gasteiger partial charge is 0.492 e. The van der Waals surface area contributed by atoms with E-state index in [0.717, 1.165) is 5.01 Å². The van der Waals surface area contributed by atoms with Crippen molar-refractivity contribution >= 4 is 17.1 Å². The van der Waals surface area contributed by atoms with Crippen LogP contribution < -0.4 is 15.6 Å². The van der Waals surface area contributed by atoms with Crippen LogP contribution in [0.2, 0.25) is 0 Å². The molecule has 0 fully saturated rings. The number of nitrogens with zero attached hydrogens (tertiary/aromatic N) is 4. The fourth-order valence-corrected chi connectivity index (χ4v) is 2.70. The fourth-order valence-electron chi connectivity index (χ4n) is 2.70. The van der Waals surface area contributed by atoms with Gasteiger partial charge in [0.25, 0.3) is 5.70 Å². The van der Waals surface area contributed by atoms with Crippen LogP contribution in [0.3, 0.4) is 0 Å². The van der Waals surface area contributed by atoms with Crippen molar-refractivity contribution in [3.05, 3.63) is 87.7 Å². The zero-order valence-electron chi connectivity index (χ0n) is 12.6. The van der Waals surface area contributed by atoms with Crippen LogP contribution in [0.5, 0.6) is 0 Å². The molecule has 2 heterocycles. The Hall–Kier alpha value is -3.43. The second-order valence-electron chi connectivity index (χ2n) is 5.21. The van der Waals surface area contributed by atoms with Crippen molar-refractivity contribution in [2.45, 2.75) is 0 Å². The molecule has 0 bridgehead atoms. The van der Waals surface area contributed by atoms with Gasteiger partial charge in [0, 0.05) is 6.08 Å². The van der Waals surface area contributed by atoms with E-state index < -0.39 is 10.7 Å². The zero-order chi connectivity index (χ0) is 16.8. The van der Waals surface area contributed by atoms with Crippen LogP contribution in [0.25, 0.3) is 5.70 Å². The van der Waals surface area contributed by atoms with Crippen molar-refractivity contribution in [3.8, 4) is 0 Å². The van der Waals surface area contributed by atoms with E-state index in [2.05, 4.69) is 5.53 Å². The normalized spacial score (nSPS) is 15.3. The summed E-state index contributed by atoms with van der Waals surface area (Å²) in [6.45, 7) is 0. The summed E-state index contributed by atoms with van der Waals surface area (Å²) in [6.07, 6.45) is 1.25. The molecule has 0 atom stereocenters. The fraction of sp³-hybridized carbons (Fsp3) is 0. The number of benzene rings is 2. The topological polar surface area (TPSA) is 115 Å². The number of hydrogen-bond donors (Lipinski definition) is 1. The summed E-state index contributed by atoms with van der Waals surface area (Å²) < 4.78 is 13.4. The van der Waals surface area contributed by atoms with Crippen molar-refractivity contribution < 1.29 is 19.9 Å². The number of hydrogen-bond acceptors (Lipinski definition) is 5. The highest BCUT2D eigenvalue weighted by molar-refractivity contribution is 5.82. The van der Waals surface area contributed by atoms with Crippen LogP contribution >= 0.6 is 0 Å². The van der Waals surface area contributed by atoms with Gasteiger partial charge in [0.1, 0.15) is 11.5 Å². The van der Waals surface area contributed by atoms with E-state index in [4.69, 9.17) is 0 Å². The number of anilines is 2. The second-order valence-corrected chi connectivity index (χ2v) is 5.21. The molecule has 2 aliphatic rings. The highest BCUT2D eigenvalue weighted by Gasteiger charge is 2.39. The molecule has 1 radical (unpaired) electrons. The summed E-state index contributed by atoms with van der Waals surface area (Å²) >= 11 is 0. The van der Waals surface area contributed by atoms with Crippen LogP contribution in [0.1, 0.15) is 5.56 Å². The number of rotatable bonds is 2. The smallest absolute Gasteiger partial charge is 0.281 e. The summed E-state index contributed by atoms with van der Waals surface area (Å²) in [4.78, 5) is 10.8. The minimum Gasteiger partial charge on any atom is -0.492 e. The van der Waals surface area contributed by atoms with E-state index in [-0.39, 0.29) is 22.8 Å². The van der Waals surface area contributed by atoms with Crippen molar-refractivity contribution in [1.29, 1.82) is 0 Å². The van der Waals surface area contributed by atoms with Gasteiger partial charge in [0.2, 0.25) is 5.88 Å². The molecule has 2 aromatic carbocycles. The molecule has 2 aliphatic heterocycles. The number of aliphatic hydroxyl groups is 1. The third-order valence-electron chi connectivity index (χ3n) is 3.77. The molecule has 4 rings (SSSR count). The number of aliphatic hydroxyl groups excluding tert-OH is 1. The molecule has 0 saturated carbocycles. The van der Waals surface area contributed by atoms with Gasteiger partial charge in [-0.05, 0) is 35.9 Å². The SMILES string of the molecule is O.O=[N+]([O-])C1=CC2=C(O)N(c3cccc(F)c3)[N]N2c2ccccc21. The highest BCUT2D eigenvalue weighted by atomic mass is 19.1. The second kappa shape index (κ2) is 5.89. The van der Waals surface area contributed by atoms with Gasteiger partial charge in [-0.1, -0.05) is 18.2 Å². The van der Waals surface area contributed by atoms with Gasteiger partial charge in [0.05, 0.1) is 21.9 Å². The Kier molecular flexibility index (Phi) is 3.87. The van der Waals surface area contributed by atoms with E-state index in [9.17, 15) is 19.6 Å². The van der Waals surface area contributed by atoms with Crippen LogP contribution in [-0.2, 0) is 0 Å². The molecule has 2 aromatic rings. The third-order valence-corrected chi connectivity index (χ3v) is 3.77. The summed E-state index contributed by atoms with van der Waals surface area (Å²) in [6, 6.07) is 12.2. The van der Waals surface area contributed by atoms with Gasteiger partial charge in [-0.3, -0.25) is 10.1 Å². The highest BCUT2D eigenvalue weighted by Crippen LogP contribution is 2.40. The Morgan fingerprint density at radius 2 is 1.88 bits per heavy atom. The van der Waals surface area contributed by atoms with Crippen molar-refractivity contribution in [2.24, 2.45) is 0 Å². The Bertz CT molecular complexity index is 928. The van der Waals surface area contributed by atoms with Gasteiger partial charge in [0.15, 0.2) is 0 Å². The first-order chi connectivity index (χ1) is 11.6. The van der Waals surface area contributed by atoms with Gasteiger partial charge in [-0.15, -0.1) is 0 Å². The van der Waals surface area contributed by atoms with Crippen LogP contribution in [-0.4, -0.2) is 15.5 Å². The molecule has 9 heteroatoms. The molecule has 8 nitrogen and oxygen atoms in total. The monoisotopic (exact) mass is 343 g/mol. The number of nitro groups is 1. The lowest BCUT2D eigenvalue weighted by atomic mass is 10.0. The van der Waals surface area contributed by atoms with E-state index in [1.54, 1.807) is 30.3 Å². The number of para-hydroxylation sites is 1. The van der Waals surface area contributed by atoms with Gasteiger partial charge in [-0.2, -0.15) is 0 Å². The van der Waals surface area contributed by atoms with Crippen molar-refractivity contribution in [3.63, 3.8) is 0 Å². The molecule has 0 spiro atoms. The summed E-state index contributed by atoms with van der Waals surface area (Å²) in [7, 11) is 0. The third kappa shape index (κ3) is 2.47. The standard InChI is InChI=1S/C16H10FN4O3.H2O/c17-10-4-3-5-11(8-10)19-16(22)15-9-14(21(23)24)12-6-1-2-7-13(12)20(15)18-19;/h1-9,22H;1H2. The molecule has 0 unspecified atom stereocenters. The first-order valence-electron chi connectivity index (χ1n) is 7.02. The van der Waals surface area contributed by atoms with Gasteiger partial charge < -0.3 is 10.6 Å². The first kappa shape index (κ1) is 16.4. The van der Waals surface area contributed by atoms with Gasteiger partial charge >= 0.3 is 0 Å². The molecule has 0 aliphatic carbocycles. The number of fused-ring (bicyclic) bond motifs is 3. The van der Waals surface area contributed by atoms with Crippen LogP contribution in [0, 0.1) is 15.9 Å². The van der Waals surface area contributed by atoms with Gasteiger partial charge in [-0.25, -0.2) is 14.4 Å². The Labute approximate surface area is 141 Å². The molecule has 0 amide bonds. The Morgan fingerprint density at radius 3 is 2.60 bits per heavy atom. The summed E-state index contributed by atoms with van der Waals surface area (Å²) in [5.41, 5.74) is 5.43. The lowest BCUT2D eigenvalue weighted by Crippen LogP contribution is -2.36. The molecular formula is C16H12FN4O4. The van der Waals surface area contributed by atoms with E-state index >= 15 is 0 Å². The summed E-state index contributed by atoms with van der Waals surface area (Å²) in [5.74, 6) is -0.790. The Balaban J connectivity index is 0.00000182. The average Bonchev–Trinajstić information content (AvgIpc) is 2.91. The number of allylic oxidation sites excluding steroid dienone is 1. The predicted octanol–water partition coefficient (Wildman–Crippen LogP) is 2.12. The van der Waals surface area contributed by atoms with Crippen LogP contribution in [0.15, 0.2) is 66.2 Å². The summed E-state index contributed by atoms with van der Waals surface area (Å²) in [5, 5.41) is 24.3. The van der Waals surface area contributed by atoms with Crippen molar-refractivity contribution in [2.75, 3.05) is 10.0 Å². The first-order valence-corrected chi connectivity index (χ1v) is 7.02. The molecular weight excluding hydrogens is 331 g/mol. The average molecular weight is 343 g/mol. The van der Waals surface area contributed by atoms with E-state index in [0.29, 0.717) is 16.9 Å². The molecule has 127 valence electrons. The molecule has 0 aromatic heterocycles. The Morgan fingerprint density at radius 1 is 1.12 bits per heavy atom. The minimum atomic E-state index is -0.513. The number of halogens is 1. The van der Waals surface area contributed by atoms with E-state index in [1.165, 1.54) is 29.3 Å². The molecule has 3 N–H and O–H groups in total. The maximum absolute atomic E-state index is 13.4. The molecule has 0 saturated heterocycles. The maximum atomic E-state index is 13.4. The maximum Gasteiger partial charge on any atom is 0.281 e. The lowest BCUT2D eigenvalue weighted by Gasteiger charge is -2.24. The zero-order valence-corrected chi connectivity index (χ0v) is 12.6. The van der Waals surface area contributed by atoms with Crippen molar-refractivity contribution in [1.82, 2.24) is 5.53 Å². The van der Waals surface area contributed by atoms with Crippen LogP contribution in [0.4, 0.5) is 15.8 Å². The minimum absolute atomic E-state index is 0. The molecule has 25 heavy (non-hydrogen) atoms. The van der Waals surface area contributed by atoms with E-state index in [1.807, 2.05) is 0 Å². The quantitative estimate of drug-likeness (QED) is 0.662. The predicted molar refractivity (Wildman–Crippen MR) is 88.2 cm³/mol.